The zero-order valence-electron chi connectivity index (χ0n) is 20.7. The molecule has 0 aliphatic rings. The van der Waals surface area contributed by atoms with Gasteiger partial charge in [-0.15, -0.1) is 0 Å². The summed E-state index contributed by atoms with van der Waals surface area (Å²) in [7, 11) is -3.99. The van der Waals surface area contributed by atoms with E-state index in [-0.39, 0.29) is 9.92 Å². The molecule has 0 atom stereocenters. The topological polar surface area (TPSA) is 68.6 Å². The van der Waals surface area contributed by atoms with Crippen molar-refractivity contribution in [3.63, 3.8) is 0 Å². The van der Waals surface area contributed by atoms with E-state index in [0.717, 1.165) is 5.39 Å². The van der Waals surface area contributed by atoms with Crippen LogP contribution in [0, 0.1) is 0 Å². The quantitative estimate of drug-likeness (QED) is 0.264. The summed E-state index contributed by atoms with van der Waals surface area (Å²) in [6, 6.07) is 23.0. The van der Waals surface area contributed by atoms with Crippen molar-refractivity contribution < 1.29 is 17.9 Å². The fourth-order valence-electron chi connectivity index (χ4n) is 4.04. The fraction of sp³-hybridized carbons (Fsp3) is 0.250. The van der Waals surface area contributed by atoms with Crippen molar-refractivity contribution >= 4 is 44.3 Å². The monoisotopic (exact) mass is 524 g/mol. The summed E-state index contributed by atoms with van der Waals surface area (Å²) in [5.41, 5.74) is 1.57. The number of nitrogens with zero attached hydrogens (tertiary/aromatic N) is 2. The van der Waals surface area contributed by atoms with Crippen molar-refractivity contribution in [2.45, 2.75) is 44.6 Å². The van der Waals surface area contributed by atoms with E-state index in [0.29, 0.717) is 35.4 Å². The molecule has 0 aliphatic heterocycles. The number of ether oxygens (including phenoxy) is 1. The average molecular weight is 525 g/mol. The molecule has 8 heteroatoms. The van der Waals surface area contributed by atoms with Gasteiger partial charge >= 0.3 is 6.09 Å². The van der Waals surface area contributed by atoms with E-state index in [2.05, 4.69) is 0 Å². The van der Waals surface area contributed by atoms with Crippen LogP contribution in [-0.2, 0) is 14.8 Å². The van der Waals surface area contributed by atoms with Gasteiger partial charge in [0, 0.05) is 17.5 Å². The highest BCUT2D eigenvalue weighted by Crippen LogP contribution is 2.35. The van der Waals surface area contributed by atoms with Gasteiger partial charge in [0.25, 0.3) is 10.0 Å². The van der Waals surface area contributed by atoms with Crippen LogP contribution < -0.4 is 4.31 Å². The van der Waals surface area contributed by atoms with Gasteiger partial charge in [-0.2, -0.15) is 0 Å². The second-order valence-corrected chi connectivity index (χ2v) is 11.7. The van der Waals surface area contributed by atoms with Crippen LogP contribution in [0.2, 0.25) is 5.02 Å². The number of rotatable bonds is 6. The van der Waals surface area contributed by atoms with Gasteiger partial charge in [-0.25, -0.2) is 17.8 Å². The largest absolute Gasteiger partial charge is 0.443 e. The first-order valence-electron chi connectivity index (χ1n) is 11.7. The maximum absolute atomic E-state index is 13.8. The predicted molar refractivity (Wildman–Crippen MR) is 145 cm³/mol. The Morgan fingerprint density at radius 3 is 2.31 bits per heavy atom. The van der Waals surface area contributed by atoms with E-state index in [9.17, 15) is 13.2 Å². The molecule has 0 fully saturated rings. The van der Waals surface area contributed by atoms with E-state index >= 15 is 0 Å². The van der Waals surface area contributed by atoms with Crippen LogP contribution in [-0.4, -0.2) is 31.2 Å². The van der Waals surface area contributed by atoms with Crippen LogP contribution in [0.15, 0.2) is 83.8 Å². The van der Waals surface area contributed by atoms with Crippen LogP contribution in [0.3, 0.4) is 0 Å². The molecule has 0 bridgehead atoms. The Hall–Kier alpha value is -3.29. The van der Waals surface area contributed by atoms with E-state index < -0.39 is 21.7 Å². The molecule has 4 rings (SSSR count). The lowest BCUT2D eigenvalue weighted by Crippen LogP contribution is -2.32. The van der Waals surface area contributed by atoms with Gasteiger partial charge < -0.3 is 4.74 Å². The lowest BCUT2D eigenvalue weighted by Gasteiger charge is -2.25. The Morgan fingerprint density at radius 2 is 1.64 bits per heavy atom. The average Bonchev–Trinajstić information content (AvgIpc) is 3.22. The molecule has 6 nitrogen and oxygen atoms in total. The third kappa shape index (κ3) is 5.13. The maximum Gasteiger partial charge on any atom is 0.419 e. The smallest absolute Gasteiger partial charge is 0.419 e. The number of benzene rings is 3. The molecule has 0 amide bonds. The maximum atomic E-state index is 13.8. The molecule has 0 saturated carbocycles. The fourth-order valence-corrected chi connectivity index (χ4v) is 6.10. The zero-order chi connectivity index (χ0) is 26.1. The molecule has 188 valence electrons. The summed E-state index contributed by atoms with van der Waals surface area (Å²) in [5, 5.41) is 0.935. The second-order valence-electron chi connectivity index (χ2n) is 9.46. The molecular weight excluding hydrogens is 496 g/mol. The highest BCUT2D eigenvalue weighted by atomic mass is 35.5. The van der Waals surface area contributed by atoms with E-state index in [1.54, 1.807) is 57.2 Å². The van der Waals surface area contributed by atoms with Gasteiger partial charge in [0.2, 0.25) is 0 Å². The third-order valence-corrected chi connectivity index (χ3v) is 7.86. The highest BCUT2D eigenvalue weighted by molar-refractivity contribution is 7.93. The van der Waals surface area contributed by atoms with Crippen molar-refractivity contribution in [3.05, 3.63) is 83.9 Å². The number of fused-ring (bicyclic) bond motifs is 1. The van der Waals surface area contributed by atoms with Gasteiger partial charge in [0.15, 0.2) is 0 Å². The molecule has 0 radical (unpaired) electrons. The number of hydrogen-bond acceptors (Lipinski definition) is 4. The van der Waals surface area contributed by atoms with Crippen LogP contribution in [0.25, 0.3) is 22.2 Å². The number of para-hydroxylation sites is 2. The van der Waals surface area contributed by atoms with Crippen molar-refractivity contribution in [1.29, 1.82) is 0 Å². The van der Waals surface area contributed by atoms with Crippen molar-refractivity contribution in [1.82, 2.24) is 4.57 Å². The van der Waals surface area contributed by atoms with Gasteiger partial charge in [-0.05, 0) is 63.6 Å². The number of sulfonamides is 1. The molecular formula is C28H29ClN2O4S. The van der Waals surface area contributed by atoms with Crippen LogP contribution in [0.5, 0.6) is 0 Å². The first kappa shape index (κ1) is 25.8. The van der Waals surface area contributed by atoms with Gasteiger partial charge in [-0.3, -0.25) is 4.31 Å². The molecule has 0 unspecified atom stereocenters. The molecule has 0 spiro atoms. The second kappa shape index (κ2) is 9.99. The van der Waals surface area contributed by atoms with Crippen LogP contribution in [0.1, 0.15) is 34.1 Å². The van der Waals surface area contributed by atoms with Gasteiger partial charge in [-0.1, -0.05) is 61.0 Å². The van der Waals surface area contributed by atoms with Crippen molar-refractivity contribution in [2.24, 2.45) is 0 Å². The molecule has 1 heterocycles. The summed E-state index contributed by atoms with van der Waals surface area (Å²) in [6.07, 6.45) is 0.0770. The number of aromatic nitrogens is 1. The molecule has 36 heavy (non-hydrogen) atoms. The molecule has 0 saturated heterocycles. The summed E-state index contributed by atoms with van der Waals surface area (Å²) in [5.74, 6) is 0. The molecule has 0 N–H and O–H groups in total. The number of halogens is 1. The minimum Gasteiger partial charge on any atom is -0.443 e. The van der Waals surface area contributed by atoms with Crippen molar-refractivity contribution in [3.8, 4) is 11.3 Å². The van der Waals surface area contributed by atoms with E-state index in [1.165, 1.54) is 14.9 Å². The lowest BCUT2D eigenvalue weighted by atomic mass is 10.1. The van der Waals surface area contributed by atoms with Gasteiger partial charge in [0.05, 0.1) is 21.9 Å². The summed E-state index contributed by atoms with van der Waals surface area (Å²) in [4.78, 5) is 13.2. The molecule has 3 aromatic carbocycles. The normalized spacial score (nSPS) is 12.0. The van der Waals surface area contributed by atoms with E-state index in [1.807, 2.05) is 43.3 Å². The number of carbonyl (C=O) groups excluding carboxylic acids is 1. The number of anilines is 1. The SMILES string of the molecule is CCCN(c1ccccc1)S(=O)(=O)c1cc(-c2cc3ccccc3n2C(=O)OC(C)(C)C)ccc1Cl. The Balaban J connectivity index is 1.89. The minimum absolute atomic E-state index is 0.0278. The first-order valence-corrected chi connectivity index (χ1v) is 13.6. The third-order valence-electron chi connectivity index (χ3n) is 5.55. The minimum atomic E-state index is -3.99. The molecule has 0 aliphatic carbocycles. The molecule has 1 aromatic heterocycles. The molecule has 4 aromatic rings. The Bertz CT molecular complexity index is 1510. The number of carbonyl (C=O) groups is 1. The Kier molecular flexibility index (Phi) is 7.16. The zero-order valence-corrected chi connectivity index (χ0v) is 22.3. The summed E-state index contributed by atoms with van der Waals surface area (Å²) in [6.45, 7) is 7.62. The van der Waals surface area contributed by atoms with E-state index in [4.69, 9.17) is 16.3 Å². The standard InChI is InChI=1S/C28H29ClN2O4S/c1-5-17-30(22-12-7-6-8-13-22)36(33,34)26-19-21(15-16-23(26)29)25-18-20-11-9-10-14-24(20)31(25)27(32)35-28(2,3)4/h6-16,18-19H,5,17H2,1-4H3. The van der Waals surface area contributed by atoms with Crippen molar-refractivity contribution in [2.75, 3.05) is 10.8 Å². The first-order chi connectivity index (χ1) is 17.0. The van der Waals surface area contributed by atoms with Crippen LogP contribution in [0.4, 0.5) is 10.5 Å². The lowest BCUT2D eigenvalue weighted by molar-refractivity contribution is 0.0547. The highest BCUT2D eigenvalue weighted by Gasteiger charge is 2.29. The van der Waals surface area contributed by atoms with Crippen LogP contribution >= 0.6 is 11.6 Å². The van der Waals surface area contributed by atoms with Gasteiger partial charge in [0.1, 0.15) is 10.5 Å². The Morgan fingerprint density at radius 1 is 0.972 bits per heavy atom. The number of hydrogen-bond donors (Lipinski definition) is 0. The predicted octanol–water partition coefficient (Wildman–Crippen LogP) is 7.35. The summed E-state index contributed by atoms with van der Waals surface area (Å²) >= 11 is 6.46. The summed E-state index contributed by atoms with van der Waals surface area (Å²) < 4.78 is 36.2. The Labute approximate surface area is 217 Å².